The molecule has 0 radical (unpaired) electrons. The number of phenolic OH excluding ortho intramolecular Hbond substituents is 2. The van der Waals surface area contributed by atoms with E-state index in [0.717, 1.165) is 0 Å². The zero-order chi connectivity index (χ0) is 14.7. The molecular weight excluding hydrogens is 412 g/mol. The largest absolute Gasteiger partial charge is 0.506 e. The Morgan fingerprint density at radius 2 is 2.10 bits per heavy atom. The second-order valence-corrected chi connectivity index (χ2v) is 6.23. The summed E-state index contributed by atoms with van der Waals surface area (Å²) in [7, 11) is 0. The highest BCUT2D eigenvalue weighted by Gasteiger charge is 2.13. The van der Waals surface area contributed by atoms with E-state index in [9.17, 15) is 15.0 Å². The summed E-state index contributed by atoms with van der Waals surface area (Å²) in [5.74, 6) is -0.602. The number of nitrogens with one attached hydrogen (secondary N) is 1. The zero-order valence-electron chi connectivity index (χ0n) is 9.80. The SMILES string of the molecule is O=C(N/N=C/c1cc(Br)c(O)c(Br)c1O)c1cccs1. The third kappa shape index (κ3) is 3.20. The molecule has 0 saturated carbocycles. The Balaban J connectivity index is 2.14. The summed E-state index contributed by atoms with van der Waals surface area (Å²) in [6.07, 6.45) is 1.29. The topological polar surface area (TPSA) is 81.9 Å². The fraction of sp³-hybridized carbons (Fsp3) is 0. The highest BCUT2D eigenvalue weighted by atomic mass is 79.9. The summed E-state index contributed by atoms with van der Waals surface area (Å²) in [5.41, 5.74) is 2.69. The number of nitrogens with zero attached hydrogens (tertiary/aromatic N) is 1. The molecule has 1 aromatic heterocycles. The number of thiophene rings is 1. The number of benzene rings is 1. The van der Waals surface area contributed by atoms with Crippen LogP contribution in [0.15, 0.2) is 37.6 Å². The molecule has 2 rings (SSSR count). The second-order valence-electron chi connectivity index (χ2n) is 3.64. The maximum Gasteiger partial charge on any atom is 0.281 e. The molecule has 1 amide bonds. The van der Waals surface area contributed by atoms with Crippen LogP contribution in [-0.4, -0.2) is 22.3 Å². The van der Waals surface area contributed by atoms with E-state index >= 15 is 0 Å². The van der Waals surface area contributed by atoms with E-state index in [1.807, 2.05) is 0 Å². The maximum absolute atomic E-state index is 11.6. The lowest BCUT2D eigenvalue weighted by Crippen LogP contribution is -2.16. The molecule has 3 N–H and O–H groups in total. The van der Waals surface area contributed by atoms with Gasteiger partial charge >= 0.3 is 0 Å². The lowest BCUT2D eigenvalue weighted by molar-refractivity contribution is 0.0959. The normalized spacial score (nSPS) is 10.9. The quantitative estimate of drug-likeness (QED) is 0.526. The smallest absolute Gasteiger partial charge is 0.281 e. The van der Waals surface area contributed by atoms with Crippen LogP contribution in [0.3, 0.4) is 0 Å². The summed E-state index contributed by atoms with van der Waals surface area (Å²) in [4.78, 5) is 12.2. The molecule has 0 fully saturated rings. The lowest BCUT2D eigenvalue weighted by Gasteiger charge is -2.06. The van der Waals surface area contributed by atoms with E-state index in [1.165, 1.54) is 23.6 Å². The molecule has 0 spiro atoms. The van der Waals surface area contributed by atoms with Crippen LogP contribution in [0, 0.1) is 0 Å². The number of carbonyl (C=O) groups is 1. The number of hydrazone groups is 1. The van der Waals surface area contributed by atoms with Crippen molar-refractivity contribution in [2.45, 2.75) is 0 Å². The van der Waals surface area contributed by atoms with Crippen molar-refractivity contribution >= 4 is 55.3 Å². The first kappa shape index (κ1) is 15.0. The third-order valence-electron chi connectivity index (χ3n) is 2.31. The fourth-order valence-corrected chi connectivity index (χ4v) is 3.11. The molecule has 8 heteroatoms. The van der Waals surface area contributed by atoms with Crippen LogP contribution < -0.4 is 5.43 Å². The average Bonchev–Trinajstić information content (AvgIpc) is 2.96. The summed E-state index contributed by atoms with van der Waals surface area (Å²) >= 11 is 7.50. The first-order valence-corrected chi connectivity index (χ1v) is 7.74. The molecular formula is C12H8Br2N2O3S. The van der Waals surface area contributed by atoms with E-state index in [4.69, 9.17) is 0 Å². The van der Waals surface area contributed by atoms with Gasteiger partial charge in [0, 0.05) is 5.56 Å². The van der Waals surface area contributed by atoms with E-state index in [0.29, 0.717) is 14.9 Å². The lowest BCUT2D eigenvalue weighted by atomic mass is 10.2. The molecule has 0 aliphatic heterocycles. The van der Waals surface area contributed by atoms with Crippen molar-refractivity contribution in [3.63, 3.8) is 0 Å². The molecule has 2 aromatic rings. The van der Waals surface area contributed by atoms with Crippen molar-refractivity contribution in [1.82, 2.24) is 5.43 Å². The summed E-state index contributed by atoms with van der Waals surface area (Å²) in [6, 6.07) is 4.93. The van der Waals surface area contributed by atoms with Crippen molar-refractivity contribution in [3.05, 3.63) is 43.0 Å². The van der Waals surface area contributed by atoms with Gasteiger partial charge in [0.1, 0.15) is 16.0 Å². The van der Waals surface area contributed by atoms with E-state index < -0.39 is 0 Å². The van der Waals surface area contributed by atoms with Crippen LogP contribution >= 0.6 is 43.2 Å². The number of amides is 1. The Kier molecular flexibility index (Phi) is 4.79. The van der Waals surface area contributed by atoms with Gasteiger partial charge in [-0.25, -0.2) is 5.43 Å². The number of aromatic hydroxyl groups is 2. The standard InChI is InChI=1S/C12H8Br2N2O3S/c13-7-4-6(10(17)9(14)11(7)18)5-15-16-12(19)8-2-1-3-20-8/h1-5,17-18H,(H,16,19)/b15-5+. The van der Waals surface area contributed by atoms with Crippen molar-refractivity contribution in [2.75, 3.05) is 0 Å². The minimum absolute atomic E-state index is 0.109. The van der Waals surface area contributed by atoms with Gasteiger partial charge in [-0.3, -0.25) is 4.79 Å². The van der Waals surface area contributed by atoms with E-state index in [-0.39, 0.29) is 21.9 Å². The Labute approximate surface area is 135 Å². The molecule has 0 aliphatic carbocycles. The van der Waals surface area contributed by atoms with Crippen LogP contribution in [0.4, 0.5) is 0 Å². The number of phenols is 2. The van der Waals surface area contributed by atoms with Gasteiger partial charge in [-0.2, -0.15) is 5.10 Å². The van der Waals surface area contributed by atoms with Gasteiger partial charge in [0.2, 0.25) is 0 Å². The molecule has 0 atom stereocenters. The van der Waals surface area contributed by atoms with Gasteiger partial charge in [-0.15, -0.1) is 11.3 Å². The molecule has 0 unspecified atom stereocenters. The van der Waals surface area contributed by atoms with Gasteiger partial charge in [0.15, 0.2) is 0 Å². The minimum Gasteiger partial charge on any atom is -0.506 e. The van der Waals surface area contributed by atoms with E-state index in [1.54, 1.807) is 17.5 Å². The van der Waals surface area contributed by atoms with Gasteiger partial charge in [0.05, 0.1) is 15.6 Å². The number of carbonyl (C=O) groups excluding carboxylic acids is 1. The van der Waals surface area contributed by atoms with Crippen molar-refractivity contribution in [3.8, 4) is 11.5 Å². The molecule has 0 saturated heterocycles. The van der Waals surface area contributed by atoms with Crippen molar-refractivity contribution in [2.24, 2.45) is 5.10 Å². The molecule has 1 heterocycles. The van der Waals surface area contributed by atoms with Crippen molar-refractivity contribution < 1.29 is 15.0 Å². The van der Waals surface area contributed by atoms with Gasteiger partial charge in [-0.1, -0.05) is 6.07 Å². The molecule has 5 nitrogen and oxygen atoms in total. The predicted octanol–water partition coefficient (Wildman–Crippen LogP) is 3.45. The van der Waals surface area contributed by atoms with Gasteiger partial charge in [0.25, 0.3) is 5.91 Å². The zero-order valence-corrected chi connectivity index (χ0v) is 13.8. The van der Waals surface area contributed by atoms with Crippen LogP contribution in [-0.2, 0) is 0 Å². The highest BCUT2D eigenvalue weighted by Crippen LogP contribution is 2.40. The Hall–Kier alpha value is -1.38. The number of hydrogen-bond donors (Lipinski definition) is 3. The van der Waals surface area contributed by atoms with E-state index in [2.05, 4.69) is 42.4 Å². The summed E-state index contributed by atoms with van der Waals surface area (Å²) < 4.78 is 0.547. The Bertz CT molecular complexity index is 672. The molecule has 0 aliphatic rings. The first-order chi connectivity index (χ1) is 9.50. The molecule has 20 heavy (non-hydrogen) atoms. The molecule has 104 valence electrons. The number of hydrogen-bond acceptors (Lipinski definition) is 5. The maximum atomic E-state index is 11.6. The fourth-order valence-electron chi connectivity index (χ4n) is 1.34. The average molecular weight is 420 g/mol. The third-order valence-corrected chi connectivity index (χ3v) is 4.54. The second kappa shape index (κ2) is 6.38. The predicted molar refractivity (Wildman–Crippen MR) is 84.6 cm³/mol. The molecule has 0 bridgehead atoms. The Morgan fingerprint density at radius 3 is 2.75 bits per heavy atom. The van der Waals surface area contributed by atoms with Gasteiger partial charge in [-0.05, 0) is 49.4 Å². The van der Waals surface area contributed by atoms with Crippen LogP contribution in [0.1, 0.15) is 15.2 Å². The van der Waals surface area contributed by atoms with Crippen molar-refractivity contribution in [1.29, 1.82) is 0 Å². The number of halogens is 2. The van der Waals surface area contributed by atoms with Crippen LogP contribution in [0.5, 0.6) is 11.5 Å². The summed E-state index contributed by atoms with van der Waals surface area (Å²) in [5, 5.41) is 25.0. The first-order valence-electron chi connectivity index (χ1n) is 5.27. The number of rotatable bonds is 3. The van der Waals surface area contributed by atoms with Crippen LogP contribution in [0.2, 0.25) is 0 Å². The minimum atomic E-state index is -0.326. The van der Waals surface area contributed by atoms with Gasteiger partial charge < -0.3 is 10.2 Å². The summed E-state index contributed by atoms with van der Waals surface area (Å²) in [6.45, 7) is 0. The Morgan fingerprint density at radius 1 is 1.35 bits per heavy atom. The monoisotopic (exact) mass is 418 g/mol. The highest BCUT2D eigenvalue weighted by molar-refractivity contribution is 9.11. The molecule has 1 aromatic carbocycles. The van der Waals surface area contributed by atoms with Crippen LogP contribution in [0.25, 0.3) is 0 Å².